The van der Waals surface area contributed by atoms with E-state index in [2.05, 4.69) is 5.10 Å². The van der Waals surface area contributed by atoms with Gasteiger partial charge in [0.2, 0.25) is 0 Å². The van der Waals surface area contributed by atoms with Crippen LogP contribution in [0.3, 0.4) is 0 Å². The average Bonchev–Trinajstić information content (AvgIpc) is 2.73. The number of aromatic nitrogens is 2. The monoisotopic (exact) mass is 247 g/mol. The van der Waals surface area contributed by atoms with Crippen molar-refractivity contribution in [3.05, 3.63) is 47.5 Å². The van der Waals surface area contributed by atoms with Crippen LogP contribution in [0.15, 0.2) is 30.6 Å². The second-order valence-electron chi connectivity index (χ2n) is 4.24. The van der Waals surface area contributed by atoms with E-state index in [0.29, 0.717) is 24.1 Å². The fourth-order valence-corrected chi connectivity index (χ4v) is 1.80. The number of hydrogen-bond donors (Lipinski definition) is 0. The van der Waals surface area contributed by atoms with E-state index in [1.54, 1.807) is 16.9 Å². The number of benzene rings is 1. The Morgan fingerprint density at radius 2 is 2.22 bits per heavy atom. The van der Waals surface area contributed by atoms with Crippen LogP contribution in [-0.4, -0.2) is 23.1 Å². The van der Waals surface area contributed by atoms with Crippen LogP contribution in [0.5, 0.6) is 0 Å². The van der Waals surface area contributed by atoms with E-state index in [-0.39, 0.29) is 0 Å². The molecule has 0 radical (unpaired) electrons. The van der Waals surface area contributed by atoms with Gasteiger partial charge in [-0.2, -0.15) is 5.10 Å². The molecule has 0 unspecified atom stereocenters. The van der Waals surface area contributed by atoms with Gasteiger partial charge in [-0.05, 0) is 18.2 Å². The first-order valence-corrected chi connectivity index (χ1v) is 5.53. The van der Waals surface area contributed by atoms with Crippen LogP contribution in [0.4, 0.5) is 10.1 Å². The van der Waals surface area contributed by atoms with Crippen LogP contribution >= 0.6 is 0 Å². The zero-order valence-corrected chi connectivity index (χ0v) is 10.3. The van der Waals surface area contributed by atoms with Crippen molar-refractivity contribution in [3.63, 3.8) is 0 Å². The lowest BCUT2D eigenvalue weighted by molar-refractivity contribution is 0.112. The molecule has 0 aliphatic rings. The van der Waals surface area contributed by atoms with Gasteiger partial charge >= 0.3 is 0 Å². The zero-order valence-electron chi connectivity index (χ0n) is 10.3. The lowest BCUT2D eigenvalue weighted by atomic mass is 10.2. The molecular weight excluding hydrogens is 233 g/mol. The summed E-state index contributed by atoms with van der Waals surface area (Å²) in [7, 11) is 3.69. The molecule has 1 aromatic heterocycles. The third-order valence-corrected chi connectivity index (χ3v) is 2.66. The topological polar surface area (TPSA) is 38.1 Å². The van der Waals surface area contributed by atoms with E-state index in [1.807, 2.05) is 25.2 Å². The molecule has 18 heavy (non-hydrogen) atoms. The van der Waals surface area contributed by atoms with Gasteiger partial charge < -0.3 is 4.90 Å². The summed E-state index contributed by atoms with van der Waals surface area (Å²) in [5.74, 6) is -0.410. The van der Waals surface area contributed by atoms with Crippen LogP contribution in [0.1, 0.15) is 15.9 Å². The minimum Gasteiger partial charge on any atom is -0.370 e. The normalized spacial score (nSPS) is 10.4. The van der Waals surface area contributed by atoms with Crippen molar-refractivity contribution >= 4 is 12.0 Å². The third-order valence-electron chi connectivity index (χ3n) is 2.66. The first kappa shape index (κ1) is 12.3. The van der Waals surface area contributed by atoms with E-state index in [0.717, 1.165) is 5.56 Å². The molecule has 1 aromatic carbocycles. The molecule has 0 aliphatic carbocycles. The summed E-state index contributed by atoms with van der Waals surface area (Å²) in [6.07, 6.45) is 4.30. The summed E-state index contributed by atoms with van der Waals surface area (Å²) < 4.78 is 15.0. The molecular formula is C13H14FN3O. The van der Waals surface area contributed by atoms with Crippen LogP contribution in [0.25, 0.3) is 0 Å². The SMILES string of the molecule is CN(Cc1cnn(C)c1)c1cc(F)cc(C=O)c1. The molecule has 0 saturated heterocycles. The Hall–Kier alpha value is -2.17. The van der Waals surface area contributed by atoms with Crippen molar-refractivity contribution in [1.82, 2.24) is 9.78 Å². The smallest absolute Gasteiger partial charge is 0.150 e. The predicted octanol–water partition coefficient (Wildman–Crippen LogP) is 2.01. The molecule has 94 valence electrons. The summed E-state index contributed by atoms with van der Waals surface area (Å²) in [5, 5.41) is 4.07. The maximum absolute atomic E-state index is 13.3. The molecule has 2 rings (SSSR count). The first-order valence-electron chi connectivity index (χ1n) is 5.53. The molecule has 0 fully saturated rings. The van der Waals surface area contributed by atoms with Crippen molar-refractivity contribution in [2.75, 3.05) is 11.9 Å². The average molecular weight is 247 g/mol. The fourth-order valence-electron chi connectivity index (χ4n) is 1.80. The number of hydrogen-bond acceptors (Lipinski definition) is 3. The van der Waals surface area contributed by atoms with Gasteiger partial charge in [-0.1, -0.05) is 0 Å². The summed E-state index contributed by atoms with van der Waals surface area (Å²) in [6.45, 7) is 0.607. The molecule has 0 spiro atoms. The number of aryl methyl sites for hydroxylation is 1. The Balaban J connectivity index is 2.20. The molecule has 2 aromatic rings. The van der Waals surface area contributed by atoms with Gasteiger partial charge in [-0.25, -0.2) is 4.39 Å². The van der Waals surface area contributed by atoms with Gasteiger partial charge in [0.05, 0.1) is 6.20 Å². The van der Waals surface area contributed by atoms with Crippen molar-refractivity contribution < 1.29 is 9.18 Å². The van der Waals surface area contributed by atoms with Crippen LogP contribution in [0.2, 0.25) is 0 Å². The second-order valence-corrected chi connectivity index (χ2v) is 4.24. The molecule has 0 bridgehead atoms. The van der Waals surface area contributed by atoms with Crippen molar-refractivity contribution in [1.29, 1.82) is 0 Å². The van der Waals surface area contributed by atoms with Gasteiger partial charge in [0.15, 0.2) is 0 Å². The quantitative estimate of drug-likeness (QED) is 0.776. The fraction of sp³-hybridized carbons (Fsp3) is 0.231. The molecule has 0 amide bonds. The standard InChI is InChI=1S/C13H14FN3O/c1-16(7-11-6-15-17(2)8-11)13-4-10(9-18)3-12(14)5-13/h3-6,8-9H,7H2,1-2H3. The van der Waals surface area contributed by atoms with Crippen molar-refractivity contribution in [3.8, 4) is 0 Å². The highest BCUT2D eigenvalue weighted by molar-refractivity contribution is 5.77. The molecule has 0 N–H and O–H groups in total. The van der Waals surface area contributed by atoms with Gasteiger partial charge in [-0.3, -0.25) is 9.48 Å². The molecule has 1 heterocycles. The van der Waals surface area contributed by atoms with Gasteiger partial charge in [0.1, 0.15) is 12.1 Å². The largest absolute Gasteiger partial charge is 0.370 e. The summed E-state index contributed by atoms with van der Waals surface area (Å²) in [6, 6.07) is 4.28. The lowest BCUT2D eigenvalue weighted by Gasteiger charge is -2.18. The third kappa shape index (κ3) is 2.74. The lowest BCUT2D eigenvalue weighted by Crippen LogP contribution is -2.16. The van der Waals surface area contributed by atoms with E-state index >= 15 is 0 Å². The second kappa shape index (κ2) is 5.00. The Morgan fingerprint density at radius 3 is 2.83 bits per heavy atom. The number of aldehydes is 1. The van der Waals surface area contributed by atoms with Crippen LogP contribution in [0, 0.1) is 5.82 Å². The minimum atomic E-state index is -0.410. The van der Waals surface area contributed by atoms with E-state index < -0.39 is 5.82 Å². The first-order chi connectivity index (χ1) is 8.58. The number of carbonyl (C=O) groups is 1. The number of anilines is 1. The van der Waals surface area contributed by atoms with Gasteiger partial charge in [0.25, 0.3) is 0 Å². The highest BCUT2D eigenvalue weighted by atomic mass is 19.1. The van der Waals surface area contributed by atoms with E-state index in [1.165, 1.54) is 12.1 Å². The highest BCUT2D eigenvalue weighted by Gasteiger charge is 2.07. The minimum absolute atomic E-state index is 0.336. The highest BCUT2D eigenvalue weighted by Crippen LogP contribution is 2.18. The Bertz CT molecular complexity index is 565. The van der Waals surface area contributed by atoms with Gasteiger partial charge in [0, 0.05) is 43.7 Å². The Kier molecular flexibility index (Phi) is 3.41. The maximum atomic E-state index is 13.3. The molecule has 5 heteroatoms. The number of carbonyl (C=O) groups excluding carboxylic acids is 1. The number of nitrogens with zero attached hydrogens (tertiary/aromatic N) is 3. The zero-order chi connectivity index (χ0) is 13.1. The van der Waals surface area contributed by atoms with Crippen LogP contribution < -0.4 is 4.90 Å². The summed E-state index contributed by atoms with van der Waals surface area (Å²) >= 11 is 0. The molecule has 0 aliphatic heterocycles. The Labute approximate surface area is 105 Å². The number of rotatable bonds is 4. The summed E-state index contributed by atoms with van der Waals surface area (Å²) in [5.41, 5.74) is 2.03. The van der Waals surface area contributed by atoms with Gasteiger partial charge in [-0.15, -0.1) is 0 Å². The Morgan fingerprint density at radius 1 is 1.44 bits per heavy atom. The predicted molar refractivity (Wildman–Crippen MR) is 67.1 cm³/mol. The molecule has 0 atom stereocenters. The van der Waals surface area contributed by atoms with E-state index in [4.69, 9.17) is 0 Å². The van der Waals surface area contributed by atoms with Crippen molar-refractivity contribution in [2.45, 2.75) is 6.54 Å². The maximum Gasteiger partial charge on any atom is 0.150 e. The van der Waals surface area contributed by atoms with E-state index in [9.17, 15) is 9.18 Å². The molecule has 4 nitrogen and oxygen atoms in total. The number of halogens is 1. The molecule has 0 saturated carbocycles. The van der Waals surface area contributed by atoms with Crippen molar-refractivity contribution in [2.24, 2.45) is 7.05 Å². The summed E-state index contributed by atoms with van der Waals surface area (Å²) in [4.78, 5) is 12.6. The van der Waals surface area contributed by atoms with Crippen LogP contribution in [-0.2, 0) is 13.6 Å².